The Morgan fingerprint density at radius 2 is 2.04 bits per heavy atom. The quantitative estimate of drug-likeness (QED) is 0.715. The molecule has 0 bridgehead atoms. The van der Waals surface area contributed by atoms with Crippen LogP contribution in [-0.4, -0.2) is 39.4 Å². The molecule has 0 atom stereocenters. The van der Waals surface area contributed by atoms with Gasteiger partial charge >= 0.3 is 0 Å². The van der Waals surface area contributed by atoms with Crippen LogP contribution in [0.2, 0.25) is 0 Å². The van der Waals surface area contributed by atoms with Crippen LogP contribution >= 0.6 is 0 Å². The number of nitrogens with one attached hydrogen (secondary N) is 1. The van der Waals surface area contributed by atoms with Gasteiger partial charge in [0.2, 0.25) is 15.8 Å². The lowest BCUT2D eigenvalue weighted by molar-refractivity contribution is 0.474. The van der Waals surface area contributed by atoms with Gasteiger partial charge in [0.25, 0.3) is 5.16 Å². The minimum absolute atomic E-state index is 0.138. The van der Waals surface area contributed by atoms with Crippen LogP contribution in [0.4, 0.5) is 5.95 Å². The zero-order valence-corrected chi connectivity index (χ0v) is 14.9. The second-order valence-corrected chi connectivity index (χ2v) is 8.02. The molecule has 2 N–H and O–H groups in total. The predicted octanol–water partition coefficient (Wildman–Crippen LogP) is 1.97. The van der Waals surface area contributed by atoms with E-state index in [4.69, 9.17) is 0 Å². The number of nitrogens with zero attached hydrogens (tertiary/aromatic N) is 4. The van der Waals surface area contributed by atoms with Crippen molar-refractivity contribution in [3.63, 3.8) is 0 Å². The summed E-state index contributed by atoms with van der Waals surface area (Å²) in [5.41, 5.74) is 2.13. The highest BCUT2D eigenvalue weighted by Crippen LogP contribution is 2.22. The number of hydrogen-bond acceptors (Lipinski definition) is 7. The Labute approximate surface area is 145 Å². The Kier molecular flexibility index (Phi) is 4.34. The van der Waals surface area contributed by atoms with Crippen LogP contribution in [0.15, 0.2) is 35.6 Å². The molecule has 0 spiro atoms. The number of hydrogen-bond donors (Lipinski definition) is 2. The molecule has 2 aromatic heterocycles. The average molecular weight is 361 g/mol. The molecule has 0 radical (unpaired) electrons. The molecule has 0 aliphatic heterocycles. The van der Waals surface area contributed by atoms with Gasteiger partial charge in [0.15, 0.2) is 5.65 Å². The number of phenolic OH excluding ortho intramolecular Hbond substituents is 1. The number of rotatable bonds is 5. The lowest BCUT2D eigenvalue weighted by Crippen LogP contribution is -2.13. The molecule has 1 aromatic carbocycles. The molecule has 8 nitrogen and oxygen atoms in total. The summed E-state index contributed by atoms with van der Waals surface area (Å²) in [6.07, 6.45) is 2.74. The van der Waals surface area contributed by atoms with Crippen molar-refractivity contribution in [2.75, 3.05) is 11.6 Å². The molecular weight excluding hydrogens is 342 g/mol. The molecule has 25 heavy (non-hydrogen) atoms. The van der Waals surface area contributed by atoms with Crippen molar-refractivity contribution >= 4 is 21.4 Å². The van der Waals surface area contributed by atoms with E-state index in [1.165, 1.54) is 4.52 Å². The third kappa shape index (κ3) is 3.55. The molecule has 3 aromatic rings. The van der Waals surface area contributed by atoms with Crippen LogP contribution in [0.25, 0.3) is 5.65 Å². The Hall–Kier alpha value is -2.68. The van der Waals surface area contributed by atoms with Crippen molar-refractivity contribution in [2.24, 2.45) is 0 Å². The minimum atomic E-state index is -3.57. The van der Waals surface area contributed by atoms with Crippen molar-refractivity contribution in [3.8, 4) is 5.75 Å². The van der Waals surface area contributed by atoms with E-state index in [-0.39, 0.29) is 22.8 Å². The molecule has 132 valence electrons. The van der Waals surface area contributed by atoms with E-state index in [0.29, 0.717) is 12.2 Å². The van der Waals surface area contributed by atoms with Gasteiger partial charge in [-0.05, 0) is 23.6 Å². The van der Waals surface area contributed by atoms with E-state index in [1.807, 2.05) is 19.9 Å². The number of benzene rings is 1. The Balaban J connectivity index is 2.06. The van der Waals surface area contributed by atoms with Crippen molar-refractivity contribution < 1.29 is 13.5 Å². The van der Waals surface area contributed by atoms with Gasteiger partial charge in [0.05, 0.1) is 6.20 Å². The Bertz CT molecular complexity index is 1030. The first-order chi connectivity index (χ1) is 11.8. The van der Waals surface area contributed by atoms with Gasteiger partial charge in [0.1, 0.15) is 5.75 Å². The van der Waals surface area contributed by atoms with Crippen LogP contribution in [0.1, 0.15) is 30.9 Å². The topological polar surface area (TPSA) is 109 Å². The van der Waals surface area contributed by atoms with Gasteiger partial charge < -0.3 is 10.4 Å². The number of aromatic hydroxyl groups is 1. The average Bonchev–Trinajstić information content (AvgIpc) is 2.96. The molecule has 2 heterocycles. The van der Waals surface area contributed by atoms with Gasteiger partial charge in [-0.2, -0.15) is 19.6 Å². The molecule has 0 aliphatic rings. The largest absolute Gasteiger partial charge is 0.508 e. The third-order valence-electron chi connectivity index (χ3n) is 3.69. The molecule has 0 saturated carbocycles. The third-order valence-corrected chi connectivity index (χ3v) is 4.54. The molecule has 0 amide bonds. The van der Waals surface area contributed by atoms with Gasteiger partial charge in [-0.1, -0.05) is 26.0 Å². The predicted molar refractivity (Wildman–Crippen MR) is 93.4 cm³/mol. The summed E-state index contributed by atoms with van der Waals surface area (Å²) < 4.78 is 25.4. The molecule has 9 heteroatoms. The first kappa shape index (κ1) is 17.2. The lowest BCUT2D eigenvalue weighted by atomic mass is 10.1. The summed E-state index contributed by atoms with van der Waals surface area (Å²) >= 11 is 0. The van der Waals surface area contributed by atoms with Gasteiger partial charge in [-0.15, -0.1) is 0 Å². The van der Waals surface area contributed by atoms with Crippen molar-refractivity contribution in [1.82, 2.24) is 19.6 Å². The Morgan fingerprint density at radius 1 is 1.28 bits per heavy atom. The molecule has 0 saturated heterocycles. The molecule has 0 fully saturated rings. The SMILES string of the molecule is CC(C)c1cnn2c(NCc3cccc(O)c3)nc(S(C)(=O)=O)nc12. The zero-order chi connectivity index (χ0) is 18.2. The first-order valence-corrected chi connectivity index (χ1v) is 9.62. The highest BCUT2D eigenvalue weighted by atomic mass is 32.2. The monoisotopic (exact) mass is 361 g/mol. The molecule has 0 aliphatic carbocycles. The summed E-state index contributed by atoms with van der Waals surface area (Å²) in [4.78, 5) is 8.29. The smallest absolute Gasteiger partial charge is 0.252 e. The normalized spacial score (nSPS) is 12.0. The minimum Gasteiger partial charge on any atom is -0.508 e. The second kappa shape index (κ2) is 6.32. The maximum Gasteiger partial charge on any atom is 0.252 e. The fourth-order valence-electron chi connectivity index (χ4n) is 2.41. The van der Waals surface area contributed by atoms with E-state index in [1.54, 1.807) is 24.4 Å². The van der Waals surface area contributed by atoms with Crippen LogP contribution < -0.4 is 5.32 Å². The van der Waals surface area contributed by atoms with Crippen LogP contribution in [0, 0.1) is 0 Å². The number of phenols is 1. The van der Waals surface area contributed by atoms with Gasteiger partial charge in [-0.25, -0.2) is 8.42 Å². The fourth-order valence-corrected chi connectivity index (χ4v) is 2.91. The molecule has 0 unspecified atom stereocenters. The van der Waals surface area contributed by atoms with Crippen molar-refractivity contribution in [3.05, 3.63) is 41.6 Å². The number of sulfone groups is 1. The maximum atomic E-state index is 11.9. The second-order valence-electron chi connectivity index (χ2n) is 6.12. The fraction of sp³-hybridized carbons (Fsp3) is 0.312. The summed E-state index contributed by atoms with van der Waals surface area (Å²) in [7, 11) is -3.57. The highest BCUT2D eigenvalue weighted by molar-refractivity contribution is 7.90. The van der Waals surface area contributed by atoms with E-state index in [9.17, 15) is 13.5 Å². The van der Waals surface area contributed by atoms with Crippen LogP contribution in [-0.2, 0) is 16.4 Å². The van der Waals surface area contributed by atoms with Crippen LogP contribution in [0.3, 0.4) is 0 Å². The maximum absolute atomic E-state index is 11.9. The van der Waals surface area contributed by atoms with E-state index in [0.717, 1.165) is 17.4 Å². The molecule has 3 rings (SSSR count). The van der Waals surface area contributed by atoms with Crippen molar-refractivity contribution in [2.45, 2.75) is 31.5 Å². The highest BCUT2D eigenvalue weighted by Gasteiger charge is 2.19. The van der Waals surface area contributed by atoms with E-state index >= 15 is 0 Å². The zero-order valence-electron chi connectivity index (χ0n) is 14.1. The number of anilines is 1. The first-order valence-electron chi connectivity index (χ1n) is 7.73. The summed E-state index contributed by atoms with van der Waals surface area (Å²) in [6, 6.07) is 6.77. The van der Waals surface area contributed by atoms with Crippen LogP contribution in [0.5, 0.6) is 5.75 Å². The van der Waals surface area contributed by atoms with E-state index in [2.05, 4.69) is 20.4 Å². The summed E-state index contributed by atoms with van der Waals surface area (Å²) in [5.74, 6) is 0.574. The number of aromatic nitrogens is 4. The van der Waals surface area contributed by atoms with Gasteiger partial charge in [0, 0.05) is 18.4 Å². The van der Waals surface area contributed by atoms with E-state index < -0.39 is 9.84 Å². The van der Waals surface area contributed by atoms with Gasteiger partial charge in [-0.3, -0.25) is 0 Å². The standard InChI is InChI=1S/C16H19N5O3S/c1-10(2)13-9-18-21-14(13)19-16(25(3,23)24)20-15(21)17-8-11-5-4-6-12(22)7-11/h4-7,9-10,22H,8H2,1-3H3,(H,17,19,20). The van der Waals surface area contributed by atoms with Crippen molar-refractivity contribution in [1.29, 1.82) is 0 Å². The summed E-state index contributed by atoms with van der Waals surface area (Å²) in [6.45, 7) is 4.32. The number of fused-ring (bicyclic) bond motifs is 1. The lowest BCUT2D eigenvalue weighted by Gasteiger charge is -2.10. The summed E-state index contributed by atoms with van der Waals surface area (Å²) in [5, 5.41) is 16.6. The Morgan fingerprint density at radius 3 is 2.68 bits per heavy atom. The molecular formula is C16H19N5O3S.